The van der Waals surface area contributed by atoms with Crippen molar-refractivity contribution in [3.63, 3.8) is 0 Å². The summed E-state index contributed by atoms with van der Waals surface area (Å²) in [6, 6.07) is 4.23. The number of aromatic nitrogens is 1. The van der Waals surface area contributed by atoms with E-state index in [4.69, 9.17) is 0 Å². The van der Waals surface area contributed by atoms with Gasteiger partial charge in [0, 0.05) is 25.5 Å². The fourth-order valence-electron chi connectivity index (χ4n) is 2.59. The fourth-order valence-corrected chi connectivity index (χ4v) is 2.59. The summed E-state index contributed by atoms with van der Waals surface area (Å²) < 4.78 is 0. The Morgan fingerprint density at radius 1 is 1.25 bits per heavy atom. The molecule has 16 heavy (non-hydrogen) atoms. The Morgan fingerprint density at radius 3 is 2.62 bits per heavy atom. The average molecular weight is 218 g/mol. The van der Waals surface area contributed by atoms with Crippen LogP contribution in [0.25, 0.3) is 0 Å². The smallest absolute Gasteiger partial charge is 0.0270 e. The maximum Gasteiger partial charge on any atom is 0.0270 e. The normalized spacial score (nSPS) is 17.1. The fraction of sp³-hybridized carbons (Fsp3) is 0.643. The lowest BCUT2D eigenvalue weighted by Gasteiger charge is -2.20. The molecule has 0 unspecified atom stereocenters. The van der Waals surface area contributed by atoms with Gasteiger partial charge in [-0.3, -0.25) is 4.98 Å². The largest absolute Gasteiger partial charge is 0.306 e. The number of rotatable bonds is 5. The third-order valence-electron chi connectivity index (χ3n) is 3.58. The summed E-state index contributed by atoms with van der Waals surface area (Å²) in [5.41, 5.74) is 1.40. The quantitative estimate of drug-likeness (QED) is 0.755. The van der Waals surface area contributed by atoms with Gasteiger partial charge in [-0.05, 0) is 49.9 Å². The monoisotopic (exact) mass is 218 g/mol. The van der Waals surface area contributed by atoms with Gasteiger partial charge in [0.05, 0.1) is 0 Å². The molecule has 0 atom stereocenters. The van der Waals surface area contributed by atoms with Crippen LogP contribution in [0.3, 0.4) is 0 Å². The molecule has 0 N–H and O–H groups in total. The van der Waals surface area contributed by atoms with E-state index in [1.54, 1.807) is 0 Å². The number of hydrogen-bond donors (Lipinski definition) is 0. The molecule has 0 aliphatic heterocycles. The Labute approximate surface area is 98.7 Å². The molecule has 0 aromatic carbocycles. The number of hydrogen-bond acceptors (Lipinski definition) is 2. The summed E-state index contributed by atoms with van der Waals surface area (Å²) in [6.45, 7) is 2.45. The van der Waals surface area contributed by atoms with Crippen LogP contribution in [0.5, 0.6) is 0 Å². The molecular formula is C14H22N2. The van der Waals surface area contributed by atoms with Gasteiger partial charge >= 0.3 is 0 Å². The third-order valence-corrected chi connectivity index (χ3v) is 3.58. The van der Waals surface area contributed by atoms with E-state index in [1.807, 2.05) is 12.4 Å². The van der Waals surface area contributed by atoms with Crippen molar-refractivity contribution in [3.05, 3.63) is 30.1 Å². The second-order valence-corrected chi connectivity index (χ2v) is 5.02. The lowest BCUT2D eigenvalue weighted by Crippen LogP contribution is -2.26. The van der Waals surface area contributed by atoms with Crippen LogP contribution in [0.15, 0.2) is 24.5 Å². The molecule has 1 heterocycles. The van der Waals surface area contributed by atoms with Crippen molar-refractivity contribution in [1.82, 2.24) is 9.88 Å². The van der Waals surface area contributed by atoms with Gasteiger partial charge in [-0.15, -0.1) is 0 Å². The maximum absolute atomic E-state index is 4.04. The lowest BCUT2D eigenvalue weighted by molar-refractivity contribution is 0.281. The molecule has 0 saturated heterocycles. The highest BCUT2D eigenvalue weighted by Crippen LogP contribution is 2.25. The number of nitrogens with zero attached hydrogens (tertiary/aromatic N) is 2. The summed E-state index contributed by atoms with van der Waals surface area (Å²) in [4.78, 5) is 6.52. The standard InChI is InChI=1S/C14H22N2/c1-16(12-14-4-2-3-5-14)11-8-13-6-9-15-10-7-13/h6-7,9-10,14H,2-5,8,11-12H2,1H3. The van der Waals surface area contributed by atoms with Gasteiger partial charge in [-0.2, -0.15) is 0 Å². The first-order valence-corrected chi connectivity index (χ1v) is 6.42. The van der Waals surface area contributed by atoms with Gasteiger partial charge in [0.25, 0.3) is 0 Å². The van der Waals surface area contributed by atoms with Gasteiger partial charge in [0.1, 0.15) is 0 Å². The second-order valence-electron chi connectivity index (χ2n) is 5.02. The molecule has 1 fully saturated rings. The van der Waals surface area contributed by atoms with Crippen LogP contribution in [0.1, 0.15) is 31.2 Å². The van der Waals surface area contributed by atoms with E-state index in [2.05, 4.69) is 29.1 Å². The van der Waals surface area contributed by atoms with Crippen molar-refractivity contribution in [3.8, 4) is 0 Å². The predicted octanol–water partition coefficient (Wildman–Crippen LogP) is 2.75. The molecule has 0 radical (unpaired) electrons. The number of likely N-dealkylation sites (N-methyl/N-ethyl adjacent to an activating group) is 1. The zero-order chi connectivity index (χ0) is 11.2. The highest BCUT2D eigenvalue weighted by Gasteiger charge is 2.16. The minimum atomic E-state index is 0.961. The lowest BCUT2D eigenvalue weighted by atomic mass is 10.1. The third kappa shape index (κ3) is 3.60. The molecule has 1 aliphatic carbocycles. The van der Waals surface area contributed by atoms with Crippen molar-refractivity contribution in [1.29, 1.82) is 0 Å². The highest BCUT2D eigenvalue weighted by atomic mass is 15.1. The minimum Gasteiger partial charge on any atom is -0.306 e. The maximum atomic E-state index is 4.04. The van der Waals surface area contributed by atoms with Crippen molar-refractivity contribution < 1.29 is 0 Å². The van der Waals surface area contributed by atoms with Crippen molar-refractivity contribution >= 4 is 0 Å². The summed E-state index contributed by atoms with van der Waals surface area (Å²) in [5.74, 6) is 0.961. The van der Waals surface area contributed by atoms with Crippen LogP contribution in [-0.4, -0.2) is 30.0 Å². The van der Waals surface area contributed by atoms with Gasteiger partial charge in [0.2, 0.25) is 0 Å². The molecule has 2 rings (SSSR count). The first-order valence-electron chi connectivity index (χ1n) is 6.42. The Morgan fingerprint density at radius 2 is 1.94 bits per heavy atom. The SMILES string of the molecule is CN(CCc1ccncc1)CC1CCCC1. The Balaban J connectivity index is 1.69. The molecule has 2 nitrogen and oxygen atoms in total. The summed E-state index contributed by atoms with van der Waals surface area (Å²) in [6.07, 6.45) is 10.7. The van der Waals surface area contributed by atoms with E-state index in [0.717, 1.165) is 12.3 Å². The van der Waals surface area contributed by atoms with Gasteiger partial charge in [0.15, 0.2) is 0 Å². The molecule has 2 heteroatoms. The molecule has 1 aromatic rings. The van der Waals surface area contributed by atoms with Crippen molar-refractivity contribution in [2.24, 2.45) is 5.92 Å². The molecule has 1 aliphatic rings. The van der Waals surface area contributed by atoms with Gasteiger partial charge < -0.3 is 4.90 Å². The van der Waals surface area contributed by atoms with Crippen LogP contribution in [-0.2, 0) is 6.42 Å². The first-order chi connectivity index (χ1) is 7.84. The van der Waals surface area contributed by atoms with Gasteiger partial charge in [-0.25, -0.2) is 0 Å². The summed E-state index contributed by atoms with van der Waals surface area (Å²) in [5, 5.41) is 0. The molecular weight excluding hydrogens is 196 g/mol. The van der Waals surface area contributed by atoms with Gasteiger partial charge in [-0.1, -0.05) is 12.8 Å². The van der Waals surface area contributed by atoms with Crippen molar-refractivity contribution in [2.75, 3.05) is 20.1 Å². The van der Waals surface area contributed by atoms with E-state index in [-0.39, 0.29) is 0 Å². The number of pyridine rings is 1. The first kappa shape index (κ1) is 11.6. The van der Waals surface area contributed by atoms with Crippen LogP contribution in [0, 0.1) is 5.92 Å². The van der Waals surface area contributed by atoms with E-state index in [9.17, 15) is 0 Å². The minimum absolute atomic E-state index is 0.961. The molecule has 1 aromatic heterocycles. The second kappa shape index (κ2) is 6.00. The average Bonchev–Trinajstić information content (AvgIpc) is 2.81. The molecule has 0 amide bonds. The van der Waals surface area contributed by atoms with Crippen LogP contribution in [0.4, 0.5) is 0 Å². The zero-order valence-corrected chi connectivity index (χ0v) is 10.2. The van der Waals surface area contributed by atoms with Crippen LogP contribution < -0.4 is 0 Å². The van der Waals surface area contributed by atoms with E-state index in [1.165, 1.54) is 44.3 Å². The predicted molar refractivity (Wildman–Crippen MR) is 67.4 cm³/mol. The van der Waals surface area contributed by atoms with Crippen LogP contribution in [0.2, 0.25) is 0 Å². The van der Waals surface area contributed by atoms with Crippen LogP contribution >= 0.6 is 0 Å². The molecule has 0 spiro atoms. The Hall–Kier alpha value is -0.890. The molecule has 88 valence electrons. The summed E-state index contributed by atoms with van der Waals surface area (Å²) in [7, 11) is 2.25. The Kier molecular flexibility index (Phi) is 4.34. The highest BCUT2D eigenvalue weighted by molar-refractivity contribution is 5.09. The van der Waals surface area contributed by atoms with Crippen molar-refractivity contribution in [2.45, 2.75) is 32.1 Å². The van der Waals surface area contributed by atoms with E-state index < -0.39 is 0 Å². The van der Waals surface area contributed by atoms with E-state index in [0.29, 0.717) is 0 Å². The molecule has 0 bridgehead atoms. The zero-order valence-electron chi connectivity index (χ0n) is 10.2. The molecule has 1 saturated carbocycles. The summed E-state index contributed by atoms with van der Waals surface area (Å²) >= 11 is 0. The Bertz CT molecular complexity index is 291. The topological polar surface area (TPSA) is 16.1 Å². The van der Waals surface area contributed by atoms with E-state index >= 15 is 0 Å².